The molecule has 2 saturated heterocycles. The van der Waals surface area contributed by atoms with Gasteiger partial charge in [0.05, 0.1) is 44.4 Å². The van der Waals surface area contributed by atoms with Crippen LogP contribution < -0.4 is 20.9 Å². The van der Waals surface area contributed by atoms with Gasteiger partial charge in [0, 0.05) is 84.3 Å². The van der Waals surface area contributed by atoms with Crippen LogP contribution in [-0.2, 0) is 43.2 Å². The Kier molecular flexibility index (Phi) is 18.5. The molecule has 2 aliphatic heterocycles. The van der Waals surface area contributed by atoms with Crippen molar-refractivity contribution in [1.29, 1.82) is 0 Å². The van der Waals surface area contributed by atoms with Gasteiger partial charge < -0.3 is 50.0 Å². The minimum absolute atomic E-state index is 0.0283. The molecule has 2 atom stereocenters. The van der Waals surface area contributed by atoms with Gasteiger partial charge in [-0.15, -0.1) is 16.6 Å². The molecule has 324 valence electrons. The number of aliphatic hydroxyl groups is 1. The molecule has 2 amide bonds. The number of piperazine rings is 2. The van der Waals surface area contributed by atoms with Crippen LogP contribution in [-0.4, -0.2) is 183 Å². The van der Waals surface area contributed by atoms with Gasteiger partial charge in [-0.2, -0.15) is 15.0 Å². The predicted molar refractivity (Wildman–Crippen MR) is 219 cm³/mol. The van der Waals surface area contributed by atoms with Crippen LogP contribution in [0.15, 0.2) is 12.4 Å². The molecule has 5 heterocycles. The number of rotatable bonds is 25. The average molecular weight is 824 g/mol. The molecule has 5 rings (SSSR count). The van der Waals surface area contributed by atoms with Crippen LogP contribution in [0.3, 0.4) is 0 Å². The molecule has 21 heteroatoms. The van der Waals surface area contributed by atoms with E-state index in [1.165, 1.54) is 4.68 Å². The summed E-state index contributed by atoms with van der Waals surface area (Å²) < 4.78 is 19.7. The number of hydrogen-bond acceptors (Lipinski definition) is 17. The second-order valence-corrected chi connectivity index (χ2v) is 14.5. The zero-order chi connectivity index (χ0) is 41.8. The Morgan fingerprint density at radius 1 is 0.847 bits per heavy atom. The highest BCUT2D eigenvalue weighted by molar-refractivity contribution is 5.81. The summed E-state index contributed by atoms with van der Waals surface area (Å²) in [6.45, 7) is 11.7. The van der Waals surface area contributed by atoms with Gasteiger partial charge in [-0.05, 0) is 31.7 Å². The summed E-state index contributed by atoms with van der Waals surface area (Å²) >= 11 is 0. The maximum absolute atomic E-state index is 14.1. The Bertz CT molecular complexity index is 1750. The summed E-state index contributed by atoms with van der Waals surface area (Å²) in [5.41, 5.74) is 7.17. The van der Waals surface area contributed by atoms with Crippen molar-refractivity contribution < 1.29 is 28.9 Å². The fraction of sp³-hybridized carbons (Fsp3) is 0.711. The number of nitrogens with two attached hydrogens (primary N) is 1. The highest BCUT2D eigenvalue weighted by atomic mass is 16.5. The van der Waals surface area contributed by atoms with Gasteiger partial charge in [-0.25, -0.2) is 9.36 Å². The van der Waals surface area contributed by atoms with Crippen LogP contribution in [0, 0.1) is 18.3 Å². The SMILES string of the molecule is C#CCOCCOCCOCCNc1nc(N2CCN(C(=O)Cn3cc(CCO)nn3)CC2)nc(N2CCN(C(=O)[C@H]([C@@H](C)CC)n3cc(CCCCN)nn3)CC2)n1. The second kappa shape index (κ2) is 24.2. The number of terminal acetylenes is 1. The lowest BCUT2D eigenvalue weighted by Gasteiger charge is -2.38. The normalized spacial score (nSPS) is 15.6. The van der Waals surface area contributed by atoms with E-state index in [9.17, 15) is 14.7 Å². The van der Waals surface area contributed by atoms with Crippen LogP contribution >= 0.6 is 0 Å². The molecule has 0 bridgehead atoms. The summed E-state index contributed by atoms with van der Waals surface area (Å²) in [6, 6.07) is -0.450. The minimum Gasteiger partial charge on any atom is -0.396 e. The number of unbranched alkanes of at least 4 members (excludes halogenated alkanes) is 1. The first-order valence-corrected chi connectivity index (χ1v) is 20.7. The quantitative estimate of drug-likeness (QED) is 0.0705. The van der Waals surface area contributed by atoms with Crippen molar-refractivity contribution in [2.45, 2.75) is 58.5 Å². The lowest BCUT2D eigenvalue weighted by atomic mass is 9.97. The summed E-state index contributed by atoms with van der Waals surface area (Å²) in [5.74, 6) is 3.86. The Morgan fingerprint density at radius 3 is 2.12 bits per heavy atom. The molecule has 0 aromatic carbocycles. The number of nitrogens with one attached hydrogen (secondary N) is 1. The molecule has 2 fully saturated rings. The molecule has 3 aromatic rings. The maximum atomic E-state index is 14.1. The topological polar surface area (TPSA) is 233 Å². The smallest absolute Gasteiger partial charge is 0.247 e. The third-order valence-electron chi connectivity index (χ3n) is 10.3. The predicted octanol–water partition coefficient (Wildman–Crippen LogP) is -0.749. The molecule has 0 aliphatic carbocycles. The summed E-state index contributed by atoms with van der Waals surface area (Å²) in [4.78, 5) is 49.5. The number of carbonyl (C=O) groups is 2. The average Bonchev–Trinajstić information content (AvgIpc) is 3.92. The Balaban J connectivity index is 1.20. The first kappa shape index (κ1) is 45.1. The number of hydrogen-bond donors (Lipinski definition) is 3. The van der Waals surface area contributed by atoms with E-state index >= 15 is 0 Å². The van der Waals surface area contributed by atoms with E-state index in [2.05, 4.69) is 55.5 Å². The lowest BCUT2D eigenvalue weighted by molar-refractivity contribution is -0.137. The van der Waals surface area contributed by atoms with Gasteiger partial charge in [0.1, 0.15) is 19.2 Å². The number of aliphatic hydroxyl groups excluding tert-OH is 1. The van der Waals surface area contributed by atoms with Crippen molar-refractivity contribution in [1.82, 2.24) is 54.7 Å². The molecule has 59 heavy (non-hydrogen) atoms. The van der Waals surface area contributed by atoms with E-state index in [0.717, 1.165) is 31.4 Å². The van der Waals surface area contributed by atoms with Crippen molar-refractivity contribution in [2.24, 2.45) is 11.7 Å². The third kappa shape index (κ3) is 13.8. The van der Waals surface area contributed by atoms with Crippen molar-refractivity contribution in [3.8, 4) is 12.3 Å². The van der Waals surface area contributed by atoms with Crippen LogP contribution in [0.25, 0.3) is 0 Å². The Morgan fingerprint density at radius 2 is 1.47 bits per heavy atom. The minimum atomic E-state index is -0.450. The fourth-order valence-electron chi connectivity index (χ4n) is 6.73. The van der Waals surface area contributed by atoms with E-state index in [4.69, 9.17) is 41.3 Å². The highest BCUT2D eigenvalue weighted by Gasteiger charge is 2.34. The van der Waals surface area contributed by atoms with Crippen LogP contribution in [0.4, 0.5) is 17.8 Å². The number of amides is 2. The lowest BCUT2D eigenvalue weighted by Crippen LogP contribution is -2.52. The van der Waals surface area contributed by atoms with Crippen LogP contribution in [0.5, 0.6) is 0 Å². The number of aromatic nitrogens is 9. The third-order valence-corrected chi connectivity index (χ3v) is 10.3. The number of carbonyl (C=O) groups excluding carboxylic acids is 2. The molecule has 21 nitrogen and oxygen atoms in total. The Labute approximate surface area is 345 Å². The van der Waals surface area contributed by atoms with Crippen molar-refractivity contribution in [3.63, 3.8) is 0 Å². The molecular formula is C38H61N15O6. The fourth-order valence-corrected chi connectivity index (χ4v) is 6.73. The van der Waals surface area contributed by atoms with Crippen molar-refractivity contribution >= 4 is 29.7 Å². The van der Waals surface area contributed by atoms with Crippen LogP contribution in [0.1, 0.15) is 50.5 Å². The largest absolute Gasteiger partial charge is 0.396 e. The van der Waals surface area contributed by atoms with Gasteiger partial charge in [0.25, 0.3) is 0 Å². The molecule has 4 N–H and O–H groups in total. The summed E-state index contributed by atoms with van der Waals surface area (Å²) in [6.07, 6.45) is 12.6. The molecule has 0 spiro atoms. The molecule has 0 radical (unpaired) electrons. The highest BCUT2D eigenvalue weighted by Crippen LogP contribution is 2.25. The monoisotopic (exact) mass is 823 g/mol. The van der Waals surface area contributed by atoms with Gasteiger partial charge in [0.15, 0.2) is 0 Å². The van der Waals surface area contributed by atoms with E-state index in [0.29, 0.717) is 128 Å². The zero-order valence-corrected chi connectivity index (χ0v) is 34.5. The number of anilines is 3. The van der Waals surface area contributed by atoms with Gasteiger partial charge in [-0.3, -0.25) is 9.59 Å². The number of aryl methyl sites for hydroxylation is 1. The molecule has 3 aromatic heterocycles. The first-order valence-electron chi connectivity index (χ1n) is 20.7. The van der Waals surface area contributed by atoms with E-state index in [-0.39, 0.29) is 37.5 Å². The van der Waals surface area contributed by atoms with E-state index < -0.39 is 6.04 Å². The Hall–Kier alpha value is -5.01. The zero-order valence-electron chi connectivity index (χ0n) is 34.5. The number of nitrogens with zero attached hydrogens (tertiary/aromatic N) is 13. The second-order valence-electron chi connectivity index (χ2n) is 14.5. The maximum Gasteiger partial charge on any atom is 0.247 e. The van der Waals surface area contributed by atoms with Crippen molar-refractivity contribution in [3.05, 3.63) is 23.8 Å². The van der Waals surface area contributed by atoms with Crippen molar-refractivity contribution in [2.75, 3.05) is 127 Å². The van der Waals surface area contributed by atoms with E-state index in [1.807, 2.05) is 11.1 Å². The molecule has 0 saturated carbocycles. The van der Waals surface area contributed by atoms with Gasteiger partial charge in [0.2, 0.25) is 29.7 Å². The molecule has 0 unspecified atom stereocenters. The van der Waals surface area contributed by atoms with E-state index in [1.54, 1.807) is 15.8 Å². The summed E-state index contributed by atoms with van der Waals surface area (Å²) in [7, 11) is 0. The first-order chi connectivity index (χ1) is 28.8. The number of ether oxygens (including phenoxy) is 3. The summed E-state index contributed by atoms with van der Waals surface area (Å²) in [5, 5.41) is 29.2. The molecule has 2 aliphatic rings. The molecular weight excluding hydrogens is 763 g/mol. The standard InChI is InChI=1S/C38H61N15O6/c1-4-21-57-23-25-59-26-24-58-22-11-40-36-41-37(50-16-12-48(13-17-50)33(55)29-52-27-32(9-20-54)44-46-52)43-38(42-36)51-18-14-49(15-19-51)35(56)34(30(3)5-2)53-28-31(45-47-53)8-6-7-10-39/h1,27-28,30,34,54H,5-26,29,39H2,2-3H3,(H,40,41,42,43)/t30-,34-/m0/s1. The van der Waals surface area contributed by atoms with Crippen LogP contribution in [0.2, 0.25) is 0 Å². The van der Waals surface area contributed by atoms with Gasteiger partial charge in [-0.1, -0.05) is 36.6 Å². The van der Waals surface area contributed by atoms with Gasteiger partial charge >= 0.3 is 0 Å².